The quantitative estimate of drug-likeness (QED) is 0.748. The molecule has 2 atom stereocenters. The van der Waals surface area contributed by atoms with Crippen LogP contribution in [0.15, 0.2) is 30.1 Å². The van der Waals surface area contributed by atoms with E-state index in [0.717, 1.165) is 30.3 Å². The zero-order valence-corrected chi connectivity index (χ0v) is 9.92. The van der Waals surface area contributed by atoms with Gasteiger partial charge in [-0.3, -0.25) is 0 Å². The molecule has 0 bridgehead atoms. The standard InChI is InChI=1S/C12H12F2N2S/c13-9-1-7(2-10(14)4-9)8-3-11-5-15-12(17)16(11)6-8/h1-2,4-5,8,12,15,17H,3,6H2/t8-,12?/m1/s1. The first-order valence-corrected chi connectivity index (χ1v) is 6.01. The van der Waals surface area contributed by atoms with Crippen molar-refractivity contribution in [1.29, 1.82) is 0 Å². The molecule has 2 heterocycles. The molecule has 2 aliphatic heterocycles. The summed E-state index contributed by atoms with van der Waals surface area (Å²) in [4.78, 5) is 2.11. The van der Waals surface area contributed by atoms with E-state index in [1.54, 1.807) is 0 Å². The second-order valence-corrected chi connectivity index (χ2v) is 4.92. The monoisotopic (exact) mass is 254 g/mol. The van der Waals surface area contributed by atoms with Crippen LogP contribution in [-0.2, 0) is 0 Å². The predicted octanol–water partition coefficient (Wildman–Crippen LogP) is 2.41. The van der Waals surface area contributed by atoms with Crippen LogP contribution in [0, 0.1) is 11.6 Å². The van der Waals surface area contributed by atoms with Crippen LogP contribution in [0.1, 0.15) is 17.9 Å². The van der Waals surface area contributed by atoms with E-state index in [-0.39, 0.29) is 11.4 Å². The maximum absolute atomic E-state index is 13.2. The summed E-state index contributed by atoms with van der Waals surface area (Å²) < 4.78 is 26.3. The largest absolute Gasteiger partial charge is 0.361 e. The topological polar surface area (TPSA) is 15.3 Å². The Morgan fingerprint density at radius 3 is 2.59 bits per heavy atom. The summed E-state index contributed by atoms with van der Waals surface area (Å²) in [5.74, 6) is -0.883. The molecule has 0 saturated carbocycles. The third-order valence-corrected chi connectivity index (χ3v) is 3.72. The summed E-state index contributed by atoms with van der Waals surface area (Å²) in [6.07, 6.45) is 2.72. The number of allylic oxidation sites excluding steroid dienone is 1. The van der Waals surface area contributed by atoms with Gasteiger partial charge in [0.05, 0.1) is 0 Å². The van der Waals surface area contributed by atoms with Gasteiger partial charge in [-0.25, -0.2) is 8.78 Å². The zero-order chi connectivity index (χ0) is 12.0. The molecule has 2 nitrogen and oxygen atoms in total. The molecule has 1 N–H and O–H groups in total. The van der Waals surface area contributed by atoms with Crippen LogP contribution in [-0.4, -0.2) is 16.9 Å². The van der Waals surface area contributed by atoms with Crippen LogP contribution in [0.2, 0.25) is 0 Å². The lowest BCUT2D eigenvalue weighted by Gasteiger charge is -2.20. The normalized spacial score (nSPS) is 26.8. The van der Waals surface area contributed by atoms with E-state index in [1.807, 2.05) is 6.20 Å². The van der Waals surface area contributed by atoms with Gasteiger partial charge in [0, 0.05) is 30.4 Å². The molecule has 5 heteroatoms. The molecular formula is C12H12F2N2S. The van der Waals surface area contributed by atoms with Crippen LogP contribution in [0.4, 0.5) is 8.78 Å². The van der Waals surface area contributed by atoms with Crippen LogP contribution in [0.3, 0.4) is 0 Å². The first-order chi connectivity index (χ1) is 8.13. The fraction of sp³-hybridized carbons (Fsp3) is 0.333. The third-order valence-electron chi connectivity index (χ3n) is 3.29. The minimum absolute atomic E-state index is 0.0200. The molecule has 90 valence electrons. The van der Waals surface area contributed by atoms with Gasteiger partial charge in [0.25, 0.3) is 0 Å². The van der Waals surface area contributed by atoms with E-state index in [4.69, 9.17) is 0 Å². The smallest absolute Gasteiger partial charge is 0.144 e. The number of nitrogens with one attached hydrogen (secondary N) is 1. The second kappa shape index (κ2) is 3.91. The van der Waals surface area contributed by atoms with E-state index in [2.05, 4.69) is 22.8 Å². The van der Waals surface area contributed by atoms with E-state index in [1.165, 1.54) is 12.1 Å². The highest BCUT2D eigenvalue weighted by Gasteiger charge is 2.34. The van der Waals surface area contributed by atoms with Gasteiger partial charge in [0.15, 0.2) is 0 Å². The summed E-state index contributed by atoms with van der Waals surface area (Å²) in [6, 6.07) is 3.73. The van der Waals surface area contributed by atoms with Crippen molar-refractivity contribution in [2.45, 2.75) is 17.8 Å². The summed E-state index contributed by atoms with van der Waals surface area (Å²) >= 11 is 4.38. The third kappa shape index (κ3) is 1.88. The lowest BCUT2D eigenvalue weighted by molar-refractivity contribution is 0.371. The Labute approximate surface area is 104 Å². The number of benzene rings is 1. The Kier molecular flexibility index (Phi) is 2.50. The lowest BCUT2D eigenvalue weighted by atomic mass is 9.97. The lowest BCUT2D eigenvalue weighted by Crippen LogP contribution is -2.30. The second-order valence-electron chi connectivity index (χ2n) is 4.43. The average Bonchev–Trinajstić information content (AvgIpc) is 2.80. The Hall–Kier alpha value is -1.23. The van der Waals surface area contributed by atoms with Crippen molar-refractivity contribution in [2.75, 3.05) is 6.54 Å². The minimum Gasteiger partial charge on any atom is -0.361 e. The molecule has 3 rings (SSSR count). The number of hydrogen-bond donors (Lipinski definition) is 2. The van der Waals surface area contributed by atoms with E-state index >= 15 is 0 Å². The molecule has 1 aromatic rings. The minimum atomic E-state index is -0.512. The molecule has 1 unspecified atom stereocenters. The Morgan fingerprint density at radius 2 is 1.94 bits per heavy atom. The van der Waals surface area contributed by atoms with Crippen LogP contribution in [0.25, 0.3) is 0 Å². The summed E-state index contributed by atoms with van der Waals surface area (Å²) in [5.41, 5.74) is 1.85. The maximum Gasteiger partial charge on any atom is 0.144 e. The van der Waals surface area contributed by atoms with Crippen molar-refractivity contribution in [1.82, 2.24) is 10.2 Å². The Balaban J connectivity index is 1.87. The summed E-state index contributed by atoms with van der Waals surface area (Å²) in [6.45, 7) is 0.746. The van der Waals surface area contributed by atoms with E-state index in [9.17, 15) is 8.78 Å². The molecule has 1 saturated heterocycles. The first-order valence-electron chi connectivity index (χ1n) is 5.49. The van der Waals surface area contributed by atoms with Crippen molar-refractivity contribution >= 4 is 12.6 Å². The number of rotatable bonds is 1. The molecule has 0 aromatic heterocycles. The highest BCUT2D eigenvalue weighted by atomic mass is 32.1. The highest BCUT2D eigenvalue weighted by Crippen LogP contribution is 2.37. The number of halogens is 2. The Morgan fingerprint density at radius 1 is 1.24 bits per heavy atom. The number of fused-ring (bicyclic) bond motifs is 1. The number of nitrogens with zero attached hydrogens (tertiary/aromatic N) is 1. The highest BCUT2D eigenvalue weighted by molar-refractivity contribution is 7.80. The fourth-order valence-electron chi connectivity index (χ4n) is 2.48. The van der Waals surface area contributed by atoms with Crippen molar-refractivity contribution in [3.8, 4) is 0 Å². The van der Waals surface area contributed by atoms with Crippen molar-refractivity contribution in [2.24, 2.45) is 0 Å². The van der Waals surface area contributed by atoms with Gasteiger partial charge in [-0.15, -0.1) is 12.6 Å². The molecule has 0 spiro atoms. The summed E-state index contributed by atoms with van der Waals surface area (Å²) in [7, 11) is 0. The van der Waals surface area contributed by atoms with E-state index < -0.39 is 11.6 Å². The van der Waals surface area contributed by atoms with Gasteiger partial charge in [-0.2, -0.15) is 0 Å². The van der Waals surface area contributed by atoms with Crippen molar-refractivity contribution in [3.05, 3.63) is 47.3 Å². The number of thiol groups is 1. The van der Waals surface area contributed by atoms with Crippen LogP contribution in [0.5, 0.6) is 0 Å². The van der Waals surface area contributed by atoms with Gasteiger partial charge in [-0.05, 0) is 24.1 Å². The molecule has 2 aliphatic rings. The van der Waals surface area contributed by atoms with Gasteiger partial charge in [-0.1, -0.05) is 0 Å². The van der Waals surface area contributed by atoms with Crippen LogP contribution < -0.4 is 5.32 Å². The number of hydrogen-bond acceptors (Lipinski definition) is 3. The molecule has 0 aliphatic carbocycles. The fourth-order valence-corrected chi connectivity index (χ4v) is 2.80. The molecule has 1 fully saturated rings. The zero-order valence-electron chi connectivity index (χ0n) is 9.03. The van der Waals surface area contributed by atoms with E-state index in [0.29, 0.717) is 0 Å². The van der Waals surface area contributed by atoms with Crippen LogP contribution >= 0.6 is 12.6 Å². The van der Waals surface area contributed by atoms with Gasteiger partial charge in [0.1, 0.15) is 17.1 Å². The summed E-state index contributed by atoms with van der Waals surface area (Å²) in [5, 5.41) is 3.10. The molecule has 1 aromatic carbocycles. The average molecular weight is 254 g/mol. The first kappa shape index (κ1) is 10.9. The Bertz CT molecular complexity index is 469. The maximum atomic E-state index is 13.2. The SMILES string of the molecule is Fc1cc(F)cc([C@@H]2CC3=CNC(S)N3C2)c1. The van der Waals surface area contributed by atoms with Gasteiger partial charge < -0.3 is 10.2 Å². The van der Waals surface area contributed by atoms with Crippen molar-refractivity contribution < 1.29 is 8.78 Å². The molecule has 0 radical (unpaired) electrons. The predicted molar refractivity (Wildman–Crippen MR) is 64.4 cm³/mol. The van der Waals surface area contributed by atoms with Gasteiger partial charge in [0.2, 0.25) is 0 Å². The van der Waals surface area contributed by atoms with Crippen molar-refractivity contribution in [3.63, 3.8) is 0 Å². The molecule has 17 heavy (non-hydrogen) atoms. The molecular weight excluding hydrogens is 242 g/mol. The molecule has 0 amide bonds. The van der Waals surface area contributed by atoms with Gasteiger partial charge >= 0.3 is 0 Å².